The highest BCUT2D eigenvalue weighted by Gasteiger charge is 2.30. The van der Waals surface area contributed by atoms with Crippen molar-refractivity contribution in [2.24, 2.45) is 5.92 Å². The molecule has 34 heavy (non-hydrogen) atoms. The molecule has 0 aliphatic carbocycles. The van der Waals surface area contributed by atoms with Gasteiger partial charge in [-0.25, -0.2) is 0 Å². The summed E-state index contributed by atoms with van der Waals surface area (Å²) >= 11 is 1.72. The molecule has 2 fully saturated rings. The number of piperidine rings is 1. The van der Waals surface area contributed by atoms with Crippen molar-refractivity contribution in [2.75, 3.05) is 50.8 Å². The smallest absolute Gasteiger partial charge is 0.266 e. The van der Waals surface area contributed by atoms with Crippen LogP contribution in [-0.2, 0) is 9.53 Å². The number of carbonyl (C=O) groups is 1. The molecule has 3 aromatic heterocycles. The molecule has 1 amide bonds. The van der Waals surface area contributed by atoms with Crippen molar-refractivity contribution in [3.63, 3.8) is 0 Å². The van der Waals surface area contributed by atoms with Crippen molar-refractivity contribution < 1.29 is 18.4 Å². The molecule has 0 saturated carbocycles. The summed E-state index contributed by atoms with van der Waals surface area (Å²) in [7, 11) is 0. The Hall–Kier alpha value is -3.13. The van der Waals surface area contributed by atoms with Crippen molar-refractivity contribution in [1.82, 2.24) is 15.2 Å². The Bertz CT molecular complexity index is 1110. The van der Waals surface area contributed by atoms with E-state index in [9.17, 15) is 10.1 Å². The number of thiophene rings is 1. The molecular weight excluding hydrogens is 454 g/mol. The first kappa shape index (κ1) is 22.7. The molecule has 3 aromatic rings. The summed E-state index contributed by atoms with van der Waals surface area (Å²) in [6.45, 7) is 5.02. The monoisotopic (exact) mass is 481 g/mol. The topological polar surface area (TPSA) is 108 Å². The predicted octanol–water partition coefficient (Wildman–Crippen LogP) is 3.27. The molecule has 0 bridgehead atoms. The molecule has 2 saturated heterocycles. The Morgan fingerprint density at radius 1 is 1.24 bits per heavy atom. The normalized spacial score (nSPS) is 18.5. The summed E-state index contributed by atoms with van der Waals surface area (Å²) in [5.41, 5.74) is 0.235. The molecule has 0 spiro atoms. The van der Waals surface area contributed by atoms with E-state index in [4.69, 9.17) is 13.6 Å². The van der Waals surface area contributed by atoms with E-state index in [1.54, 1.807) is 23.5 Å². The molecule has 2 aliphatic rings. The number of aromatic nitrogens is 1. The van der Waals surface area contributed by atoms with Crippen LogP contribution in [0.2, 0.25) is 0 Å². The molecule has 5 rings (SSSR count). The second-order valence-corrected chi connectivity index (χ2v) is 9.43. The number of oxazole rings is 1. The van der Waals surface area contributed by atoms with Gasteiger partial charge in [0.1, 0.15) is 6.07 Å². The molecule has 1 atom stereocenters. The number of hydrogen-bond acceptors (Lipinski definition) is 9. The van der Waals surface area contributed by atoms with Crippen LogP contribution in [0.3, 0.4) is 0 Å². The predicted molar refractivity (Wildman–Crippen MR) is 126 cm³/mol. The lowest BCUT2D eigenvalue weighted by molar-refractivity contribution is -0.126. The number of carbonyl (C=O) groups excluding carboxylic acids is 1. The molecule has 178 valence electrons. The maximum absolute atomic E-state index is 13.0. The zero-order valence-corrected chi connectivity index (χ0v) is 19.6. The van der Waals surface area contributed by atoms with Gasteiger partial charge in [0.15, 0.2) is 5.76 Å². The first-order valence-corrected chi connectivity index (χ1v) is 12.4. The summed E-state index contributed by atoms with van der Waals surface area (Å²) in [6, 6.07) is 9.96. The van der Waals surface area contributed by atoms with Crippen LogP contribution in [0.5, 0.6) is 0 Å². The van der Waals surface area contributed by atoms with E-state index in [2.05, 4.69) is 38.8 Å². The maximum Gasteiger partial charge on any atom is 0.266 e. The van der Waals surface area contributed by atoms with E-state index < -0.39 is 0 Å². The number of nitriles is 1. The van der Waals surface area contributed by atoms with Crippen molar-refractivity contribution in [1.29, 1.82) is 5.26 Å². The second-order valence-electron chi connectivity index (χ2n) is 8.45. The number of nitrogens with one attached hydrogen (secondary N) is 1. The third kappa shape index (κ3) is 4.87. The molecule has 10 heteroatoms. The molecule has 2 aliphatic heterocycles. The van der Waals surface area contributed by atoms with E-state index in [0.29, 0.717) is 50.0 Å². The largest absolute Gasteiger partial charge is 0.459 e. The van der Waals surface area contributed by atoms with Crippen molar-refractivity contribution in [2.45, 2.75) is 18.9 Å². The Morgan fingerprint density at radius 2 is 2.06 bits per heavy atom. The van der Waals surface area contributed by atoms with Gasteiger partial charge in [0.25, 0.3) is 5.89 Å². The van der Waals surface area contributed by atoms with E-state index in [0.717, 1.165) is 26.3 Å². The standard InChI is InChI=1S/C24H27N5O4S/c25-15-18-24(33-23(27-18)20-3-1-11-32-20)29-7-5-17(6-8-29)22(30)26-16-19(21-4-2-14-34-21)28-9-12-31-13-10-28/h1-4,11,14,17,19H,5-10,12-13,16H2,(H,26,30). The highest BCUT2D eigenvalue weighted by molar-refractivity contribution is 7.10. The van der Waals surface area contributed by atoms with Crippen LogP contribution in [0, 0.1) is 17.2 Å². The van der Waals surface area contributed by atoms with Gasteiger partial charge in [-0.2, -0.15) is 10.2 Å². The number of morpholine rings is 1. The number of furan rings is 1. The molecular formula is C24H27N5O4S. The maximum atomic E-state index is 13.0. The highest BCUT2D eigenvalue weighted by Crippen LogP contribution is 2.31. The Morgan fingerprint density at radius 3 is 2.74 bits per heavy atom. The number of hydrogen-bond donors (Lipinski definition) is 1. The van der Waals surface area contributed by atoms with Crippen molar-refractivity contribution in [3.8, 4) is 17.7 Å². The molecule has 9 nitrogen and oxygen atoms in total. The average molecular weight is 482 g/mol. The van der Waals surface area contributed by atoms with Crippen LogP contribution >= 0.6 is 11.3 Å². The van der Waals surface area contributed by atoms with E-state index >= 15 is 0 Å². The van der Waals surface area contributed by atoms with E-state index in [1.165, 1.54) is 11.1 Å². The third-order valence-corrected chi connectivity index (χ3v) is 7.40. The Balaban J connectivity index is 1.18. The lowest BCUT2D eigenvalue weighted by atomic mass is 9.95. The van der Waals surface area contributed by atoms with Crippen LogP contribution in [0.4, 0.5) is 5.88 Å². The first-order chi connectivity index (χ1) is 16.7. The van der Waals surface area contributed by atoms with Crippen LogP contribution in [0.25, 0.3) is 11.7 Å². The van der Waals surface area contributed by atoms with Gasteiger partial charge in [-0.05, 0) is 36.4 Å². The number of ether oxygens (including phenoxy) is 1. The summed E-state index contributed by atoms with van der Waals surface area (Å²) in [6.07, 6.45) is 2.92. The lowest BCUT2D eigenvalue weighted by Gasteiger charge is -2.35. The number of anilines is 1. The quantitative estimate of drug-likeness (QED) is 0.548. The molecule has 0 radical (unpaired) electrons. The van der Waals surface area contributed by atoms with Crippen molar-refractivity contribution >= 4 is 23.1 Å². The zero-order chi connectivity index (χ0) is 23.3. The van der Waals surface area contributed by atoms with E-state index in [-0.39, 0.29) is 23.6 Å². The van der Waals surface area contributed by atoms with Gasteiger partial charge in [-0.15, -0.1) is 11.3 Å². The van der Waals surface area contributed by atoms with Gasteiger partial charge in [-0.1, -0.05) is 6.07 Å². The Labute approximate surface area is 201 Å². The highest BCUT2D eigenvalue weighted by atomic mass is 32.1. The van der Waals surface area contributed by atoms with Gasteiger partial charge in [0.05, 0.1) is 25.5 Å². The molecule has 5 heterocycles. The fraction of sp³-hybridized carbons (Fsp3) is 0.458. The van der Waals surface area contributed by atoms with Crippen molar-refractivity contribution in [3.05, 3.63) is 46.5 Å². The zero-order valence-electron chi connectivity index (χ0n) is 18.8. The fourth-order valence-corrected chi connectivity index (χ4v) is 5.43. The SMILES string of the molecule is N#Cc1nc(-c2ccco2)oc1N1CCC(C(=O)NCC(c2cccs2)N2CCOCC2)CC1. The Kier molecular flexibility index (Phi) is 6.94. The van der Waals surface area contributed by atoms with Gasteiger partial charge in [0.2, 0.25) is 17.5 Å². The molecule has 1 unspecified atom stereocenters. The van der Waals surface area contributed by atoms with Crippen LogP contribution in [-0.4, -0.2) is 61.7 Å². The summed E-state index contributed by atoms with van der Waals surface area (Å²) in [5.74, 6) is 1.24. The third-order valence-electron chi connectivity index (χ3n) is 6.43. The number of rotatable bonds is 7. The first-order valence-electron chi connectivity index (χ1n) is 11.6. The van der Waals surface area contributed by atoms with Crippen LogP contribution in [0.1, 0.15) is 29.5 Å². The van der Waals surface area contributed by atoms with Gasteiger partial charge in [0, 0.05) is 43.5 Å². The molecule has 0 aromatic carbocycles. The number of amides is 1. The minimum atomic E-state index is -0.0667. The summed E-state index contributed by atoms with van der Waals surface area (Å²) in [4.78, 5) is 22.9. The van der Waals surface area contributed by atoms with E-state index in [1.807, 2.05) is 4.90 Å². The summed E-state index contributed by atoms with van der Waals surface area (Å²) < 4.78 is 16.7. The average Bonchev–Trinajstić information content (AvgIpc) is 3.67. The van der Waals surface area contributed by atoms with Gasteiger partial charge in [-0.3, -0.25) is 9.69 Å². The second kappa shape index (κ2) is 10.4. The minimum absolute atomic E-state index is 0.0667. The fourth-order valence-electron chi connectivity index (χ4n) is 4.57. The lowest BCUT2D eigenvalue weighted by Crippen LogP contribution is -2.46. The van der Waals surface area contributed by atoms with Gasteiger partial charge < -0.3 is 23.8 Å². The summed E-state index contributed by atoms with van der Waals surface area (Å²) in [5, 5.41) is 14.8. The van der Waals surface area contributed by atoms with Crippen LogP contribution in [0.15, 0.2) is 44.7 Å². The number of nitrogens with zero attached hydrogens (tertiary/aromatic N) is 4. The van der Waals surface area contributed by atoms with Crippen LogP contribution < -0.4 is 10.2 Å². The van der Waals surface area contributed by atoms with Gasteiger partial charge >= 0.3 is 0 Å². The minimum Gasteiger partial charge on any atom is -0.459 e. The molecule has 1 N–H and O–H groups in total.